The van der Waals surface area contributed by atoms with Crippen LogP contribution >= 0.6 is 15.9 Å². The maximum Gasteiger partial charge on any atom is 0.0593 e. The molecule has 0 aliphatic heterocycles. The molecule has 4 heteroatoms. The first-order chi connectivity index (χ1) is 9.65. The molecule has 1 aromatic rings. The summed E-state index contributed by atoms with van der Waals surface area (Å²) in [5.74, 6) is 0.853. The fourth-order valence-corrected chi connectivity index (χ4v) is 2.37. The lowest BCUT2D eigenvalue weighted by Crippen LogP contribution is -2.27. The van der Waals surface area contributed by atoms with Crippen molar-refractivity contribution < 1.29 is 4.74 Å². The standard InChI is InChI=1S/C16H25BrN2O/c1-19(10-11-20-12-13-2-3-13)9-8-16(18)14-4-6-15(17)7-5-14/h4-7,13,16H,2-3,8-12,18H2,1H3. The molecule has 1 aliphatic rings. The molecule has 1 aliphatic carbocycles. The summed E-state index contributed by atoms with van der Waals surface area (Å²) in [6.45, 7) is 3.77. The van der Waals surface area contributed by atoms with Crippen LogP contribution in [0.3, 0.4) is 0 Å². The van der Waals surface area contributed by atoms with E-state index in [4.69, 9.17) is 10.5 Å². The van der Waals surface area contributed by atoms with Crippen LogP contribution in [0.15, 0.2) is 28.7 Å². The van der Waals surface area contributed by atoms with Crippen LogP contribution in [0, 0.1) is 5.92 Å². The third-order valence-electron chi connectivity index (χ3n) is 3.79. The minimum absolute atomic E-state index is 0.109. The van der Waals surface area contributed by atoms with Gasteiger partial charge in [0.1, 0.15) is 0 Å². The first-order valence-electron chi connectivity index (χ1n) is 7.42. The molecule has 0 radical (unpaired) electrons. The van der Waals surface area contributed by atoms with Gasteiger partial charge >= 0.3 is 0 Å². The van der Waals surface area contributed by atoms with Crippen LogP contribution in [-0.2, 0) is 4.74 Å². The normalized spacial score (nSPS) is 16.6. The minimum atomic E-state index is 0.109. The second-order valence-electron chi connectivity index (χ2n) is 5.77. The van der Waals surface area contributed by atoms with Crippen molar-refractivity contribution in [2.75, 3.05) is 33.4 Å². The SMILES string of the molecule is CN(CCOCC1CC1)CCC(N)c1ccc(Br)cc1. The van der Waals surface area contributed by atoms with E-state index in [9.17, 15) is 0 Å². The number of ether oxygens (including phenoxy) is 1. The molecule has 1 aromatic carbocycles. The monoisotopic (exact) mass is 340 g/mol. The highest BCUT2D eigenvalue weighted by atomic mass is 79.9. The zero-order valence-electron chi connectivity index (χ0n) is 12.2. The van der Waals surface area contributed by atoms with Gasteiger partial charge in [-0.3, -0.25) is 0 Å². The van der Waals surface area contributed by atoms with E-state index >= 15 is 0 Å². The molecule has 1 fully saturated rings. The second-order valence-corrected chi connectivity index (χ2v) is 6.68. The minimum Gasteiger partial charge on any atom is -0.380 e. The smallest absolute Gasteiger partial charge is 0.0593 e. The second kappa shape index (κ2) is 8.13. The van der Waals surface area contributed by atoms with Crippen LogP contribution in [-0.4, -0.2) is 38.3 Å². The van der Waals surface area contributed by atoms with Gasteiger partial charge in [0.25, 0.3) is 0 Å². The van der Waals surface area contributed by atoms with Crippen molar-refractivity contribution in [2.45, 2.75) is 25.3 Å². The summed E-state index contributed by atoms with van der Waals surface area (Å²) in [6.07, 6.45) is 3.69. The van der Waals surface area contributed by atoms with Crippen molar-refractivity contribution in [3.8, 4) is 0 Å². The number of likely N-dealkylation sites (N-methyl/N-ethyl adjacent to an activating group) is 1. The Morgan fingerprint density at radius 2 is 2.00 bits per heavy atom. The molecule has 0 spiro atoms. The third-order valence-corrected chi connectivity index (χ3v) is 4.32. The highest BCUT2D eigenvalue weighted by Crippen LogP contribution is 2.28. The average molecular weight is 341 g/mol. The molecule has 0 amide bonds. The van der Waals surface area contributed by atoms with E-state index in [1.807, 2.05) is 12.1 Å². The van der Waals surface area contributed by atoms with Gasteiger partial charge in [-0.15, -0.1) is 0 Å². The van der Waals surface area contributed by atoms with E-state index in [0.29, 0.717) is 0 Å². The number of nitrogens with two attached hydrogens (primary N) is 1. The lowest BCUT2D eigenvalue weighted by atomic mass is 10.0. The van der Waals surface area contributed by atoms with Crippen molar-refractivity contribution in [1.29, 1.82) is 0 Å². The fraction of sp³-hybridized carbons (Fsp3) is 0.625. The molecule has 2 rings (SSSR count). The van der Waals surface area contributed by atoms with Gasteiger partial charge in [0.15, 0.2) is 0 Å². The highest BCUT2D eigenvalue weighted by molar-refractivity contribution is 9.10. The Labute approximate surface area is 130 Å². The van der Waals surface area contributed by atoms with Crippen molar-refractivity contribution in [3.63, 3.8) is 0 Å². The number of benzene rings is 1. The molecular formula is C16H25BrN2O. The molecule has 112 valence electrons. The first-order valence-corrected chi connectivity index (χ1v) is 8.22. The molecular weight excluding hydrogens is 316 g/mol. The van der Waals surface area contributed by atoms with E-state index in [1.165, 1.54) is 18.4 Å². The predicted octanol–water partition coefficient (Wildman–Crippen LogP) is 3.20. The van der Waals surface area contributed by atoms with Crippen molar-refractivity contribution in [3.05, 3.63) is 34.3 Å². The van der Waals surface area contributed by atoms with Gasteiger partial charge in [-0.2, -0.15) is 0 Å². The molecule has 0 saturated heterocycles. The molecule has 20 heavy (non-hydrogen) atoms. The van der Waals surface area contributed by atoms with Crippen LogP contribution in [0.2, 0.25) is 0 Å². The number of hydrogen-bond acceptors (Lipinski definition) is 3. The Morgan fingerprint density at radius 1 is 1.30 bits per heavy atom. The van der Waals surface area contributed by atoms with Crippen molar-refractivity contribution in [2.24, 2.45) is 11.7 Å². The summed E-state index contributed by atoms with van der Waals surface area (Å²) in [7, 11) is 2.13. The summed E-state index contributed by atoms with van der Waals surface area (Å²) in [4.78, 5) is 2.30. The van der Waals surface area contributed by atoms with Crippen LogP contribution in [0.25, 0.3) is 0 Å². The zero-order valence-corrected chi connectivity index (χ0v) is 13.8. The molecule has 0 heterocycles. The maximum absolute atomic E-state index is 6.22. The summed E-state index contributed by atoms with van der Waals surface area (Å²) in [5.41, 5.74) is 7.42. The van der Waals surface area contributed by atoms with Crippen LogP contribution in [0.1, 0.15) is 30.9 Å². The summed E-state index contributed by atoms with van der Waals surface area (Å²) in [5, 5.41) is 0. The van der Waals surface area contributed by atoms with E-state index < -0.39 is 0 Å². The maximum atomic E-state index is 6.22. The fourth-order valence-electron chi connectivity index (χ4n) is 2.10. The van der Waals surface area contributed by atoms with Crippen LogP contribution in [0.4, 0.5) is 0 Å². The lowest BCUT2D eigenvalue weighted by molar-refractivity contribution is 0.103. The molecule has 2 N–H and O–H groups in total. The van der Waals surface area contributed by atoms with E-state index in [0.717, 1.165) is 43.1 Å². The van der Waals surface area contributed by atoms with Gasteiger partial charge in [0.05, 0.1) is 6.61 Å². The van der Waals surface area contributed by atoms with Gasteiger partial charge in [-0.05, 0) is 56.5 Å². The highest BCUT2D eigenvalue weighted by Gasteiger charge is 2.20. The molecule has 0 bridgehead atoms. The Balaban J connectivity index is 1.59. The molecule has 1 atom stereocenters. The zero-order chi connectivity index (χ0) is 14.4. The topological polar surface area (TPSA) is 38.5 Å². The number of halogens is 1. The van der Waals surface area contributed by atoms with Gasteiger partial charge in [-0.25, -0.2) is 0 Å². The average Bonchev–Trinajstić information content (AvgIpc) is 3.26. The number of rotatable bonds is 9. The Hall–Kier alpha value is -0.420. The lowest BCUT2D eigenvalue weighted by Gasteiger charge is -2.19. The largest absolute Gasteiger partial charge is 0.380 e. The summed E-state index contributed by atoms with van der Waals surface area (Å²) in [6, 6.07) is 8.38. The van der Waals surface area contributed by atoms with E-state index in [2.05, 4.69) is 40.0 Å². The molecule has 1 unspecified atom stereocenters. The van der Waals surface area contributed by atoms with Crippen molar-refractivity contribution >= 4 is 15.9 Å². The molecule has 3 nitrogen and oxygen atoms in total. The van der Waals surface area contributed by atoms with Crippen LogP contribution in [0.5, 0.6) is 0 Å². The predicted molar refractivity (Wildman–Crippen MR) is 86.7 cm³/mol. The number of hydrogen-bond donors (Lipinski definition) is 1. The Bertz CT molecular complexity index is 392. The molecule has 1 saturated carbocycles. The third kappa shape index (κ3) is 5.92. The summed E-state index contributed by atoms with van der Waals surface area (Å²) < 4.78 is 6.75. The Kier molecular flexibility index (Phi) is 6.49. The Morgan fingerprint density at radius 3 is 2.65 bits per heavy atom. The first kappa shape index (κ1) is 16.0. The van der Waals surface area contributed by atoms with Gasteiger partial charge in [0.2, 0.25) is 0 Å². The van der Waals surface area contributed by atoms with E-state index in [-0.39, 0.29) is 6.04 Å². The molecule has 0 aromatic heterocycles. The summed E-state index contributed by atoms with van der Waals surface area (Å²) >= 11 is 3.44. The quantitative estimate of drug-likeness (QED) is 0.701. The van der Waals surface area contributed by atoms with Gasteiger partial charge in [0, 0.05) is 23.7 Å². The van der Waals surface area contributed by atoms with Crippen LogP contribution < -0.4 is 5.73 Å². The van der Waals surface area contributed by atoms with Crippen molar-refractivity contribution in [1.82, 2.24) is 4.90 Å². The van der Waals surface area contributed by atoms with Gasteiger partial charge in [-0.1, -0.05) is 28.1 Å². The van der Waals surface area contributed by atoms with Gasteiger partial charge < -0.3 is 15.4 Å². The van der Waals surface area contributed by atoms with E-state index in [1.54, 1.807) is 0 Å². The number of nitrogens with zero attached hydrogens (tertiary/aromatic N) is 1.